The minimum absolute atomic E-state index is 0.564. The van der Waals surface area contributed by atoms with Crippen LogP contribution in [0.2, 0.25) is 0 Å². The van der Waals surface area contributed by atoms with Crippen molar-refractivity contribution in [3.05, 3.63) is 24.5 Å². The van der Waals surface area contributed by atoms with E-state index in [1.165, 1.54) is 0 Å². The fraction of sp³-hybridized carbons (Fsp3) is 0.143. The Hall–Kier alpha value is -1.36. The molecule has 0 saturated heterocycles. The van der Waals surface area contributed by atoms with Gasteiger partial charge in [0.1, 0.15) is 0 Å². The van der Waals surface area contributed by atoms with E-state index in [1.807, 2.05) is 29.2 Å². The van der Waals surface area contributed by atoms with Gasteiger partial charge in [-0.1, -0.05) is 5.92 Å². The average Bonchev–Trinajstić information content (AvgIpc) is 2.34. The predicted octanol–water partition coefficient (Wildman–Crippen LogP) is 0.665. The molecule has 1 aromatic rings. The minimum Gasteiger partial charge on any atom is -0.314 e. The average molecular weight is 120 g/mol. The Morgan fingerprint density at radius 3 is 2.67 bits per heavy atom. The van der Waals surface area contributed by atoms with Crippen molar-refractivity contribution in [1.82, 2.24) is 4.68 Å². The van der Waals surface area contributed by atoms with E-state index >= 15 is 0 Å². The van der Waals surface area contributed by atoms with Gasteiger partial charge in [0.15, 0.2) is 0 Å². The van der Waals surface area contributed by atoms with Crippen molar-refractivity contribution in [2.45, 2.75) is 0 Å². The third-order valence-corrected chi connectivity index (χ3v) is 0.968. The van der Waals surface area contributed by atoms with Gasteiger partial charge in [-0.3, -0.25) is 4.68 Å². The summed E-state index contributed by atoms with van der Waals surface area (Å²) < 4.78 is 1.82. The van der Waals surface area contributed by atoms with Gasteiger partial charge in [-0.05, 0) is 12.1 Å². The molecule has 1 heterocycles. The van der Waals surface area contributed by atoms with Crippen LogP contribution in [-0.2, 0) is 0 Å². The molecular formula is C7H8N2. The van der Waals surface area contributed by atoms with Crippen LogP contribution < -0.4 is 5.43 Å². The fourth-order valence-electron chi connectivity index (χ4n) is 0.577. The summed E-state index contributed by atoms with van der Waals surface area (Å²) in [4.78, 5) is 0. The molecule has 1 N–H and O–H groups in total. The summed E-state index contributed by atoms with van der Waals surface area (Å²) in [6.07, 6.45) is 8.82. The Balaban J connectivity index is 2.41. The predicted molar refractivity (Wildman–Crippen MR) is 37.5 cm³/mol. The lowest BCUT2D eigenvalue weighted by atomic mass is 10.7. The van der Waals surface area contributed by atoms with Gasteiger partial charge in [0.05, 0.1) is 6.54 Å². The summed E-state index contributed by atoms with van der Waals surface area (Å²) in [7, 11) is 0. The van der Waals surface area contributed by atoms with E-state index in [4.69, 9.17) is 6.42 Å². The van der Waals surface area contributed by atoms with E-state index in [0.29, 0.717) is 6.54 Å². The molecule has 0 aliphatic heterocycles. The number of nitrogens with one attached hydrogen (secondary N) is 1. The largest absolute Gasteiger partial charge is 0.314 e. The lowest BCUT2D eigenvalue weighted by Gasteiger charge is -2.00. The van der Waals surface area contributed by atoms with Crippen LogP contribution in [0.25, 0.3) is 0 Å². The fourth-order valence-corrected chi connectivity index (χ4v) is 0.577. The second-order valence-electron chi connectivity index (χ2n) is 1.63. The van der Waals surface area contributed by atoms with Gasteiger partial charge in [0.25, 0.3) is 0 Å². The monoisotopic (exact) mass is 120 g/mol. The van der Waals surface area contributed by atoms with Crippen LogP contribution in [0.3, 0.4) is 0 Å². The van der Waals surface area contributed by atoms with Crippen LogP contribution in [0.15, 0.2) is 24.5 Å². The molecule has 0 aliphatic rings. The first kappa shape index (κ1) is 5.77. The topological polar surface area (TPSA) is 17.0 Å². The Bertz CT molecular complexity index is 193. The molecule has 0 atom stereocenters. The highest BCUT2D eigenvalue weighted by Gasteiger charge is 1.79. The zero-order valence-electron chi connectivity index (χ0n) is 5.04. The molecule has 1 rings (SSSR count). The SMILES string of the molecule is C#CCNn1cccc1. The summed E-state index contributed by atoms with van der Waals surface area (Å²) in [6, 6.07) is 3.87. The van der Waals surface area contributed by atoms with Crippen LogP contribution in [-0.4, -0.2) is 11.2 Å². The van der Waals surface area contributed by atoms with Crippen molar-refractivity contribution in [3.8, 4) is 12.3 Å². The van der Waals surface area contributed by atoms with Crippen LogP contribution in [0, 0.1) is 12.3 Å². The van der Waals surface area contributed by atoms with E-state index in [1.54, 1.807) is 0 Å². The van der Waals surface area contributed by atoms with Crippen LogP contribution >= 0.6 is 0 Å². The number of nitrogens with zero attached hydrogens (tertiary/aromatic N) is 1. The number of hydrogen-bond donors (Lipinski definition) is 1. The van der Waals surface area contributed by atoms with Crippen molar-refractivity contribution < 1.29 is 0 Å². The summed E-state index contributed by atoms with van der Waals surface area (Å²) in [5.74, 6) is 2.47. The first-order valence-corrected chi connectivity index (χ1v) is 2.74. The molecule has 0 spiro atoms. The van der Waals surface area contributed by atoms with Gasteiger partial charge in [0, 0.05) is 12.4 Å². The van der Waals surface area contributed by atoms with Gasteiger partial charge in [-0.25, -0.2) is 0 Å². The lowest BCUT2D eigenvalue weighted by Crippen LogP contribution is -2.11. The first-order chi connectivity index (χ1) is 4.43. The first-order valence-electron chi connectivity index (χ1n) is 2.74. The molecule has 0 fully saturated rings. The van der Waals surface area contributed by atoms with E-state index in [0.717, 1.165) is 0 Å². The van der Waals surface area contributed by atoms with Crippen LogP contribution in [0.4, 0.5) is 0 Å². The highest BCUT2D eigenvalue weighted by atomic mass is 15.4. The summed E-state index contributed by atoms with van der Waals surface area (Å²) >= 11 is 0. The number of rotatable bonds is 2. The number of hydrogen-bond acceptors (Lipinski definition) is 1. The van der Waals surface area contributed by atoms with Crippen molar-refractivity contribution >= 4 is 0 Å². The minimum atomic E-state index is 0.564. The van der Waals surface area contributed by atoms with Crippen molar-refractivity contribution in [2.75, 3.05) is 12.0 Å². The molecule has 0 amide bonds. The van der Waals surface area contributed by atoms with Gasteiger partial charge in [-0.15, -0.1) is 6.42 Å². The molecule has 0 radical (unpaired) electrons. The standard InChI is InChI=1S/C7H8N2/c1-2-5-8-9-6-3-4-7-9/h1,3-4,6-8H,5H2. The molecule has 0 bridgehead atoms. The molecule has 46 valence electrons. The molecule has 9 heavy (non-hydrogen) atoms. The highest BCUT2D eigenvalue weighted by Crippen LogP contribution is 1.82. The van der Waals surface area contributed by atoms with Gasteiger partial charge in [0.2, 0.25) is 0 Å². The Kier molecular flexibility index (Phi) is 1.81. The quantitative estimate of drug-likeness (QED) is 0.567. The maximum Gasteiger partial charge on any atom is 0.0919 e. The molecule has 1 aromatic heterocycles. The molecule has 0 aliphatic carbocycles. The molecule has 2 heteroatoms. The maximum atomic E-state index is 5.02. The normalized spacial score (nSPS) is 8.33. The molecule has 2 nitrogen and oxygen atoms in total. The number of terminal acetylenes is 1. The molecule has 0 saturated carbocycles. The molecular weight excluding hydrogens is 112 g/mol. The van der Waals surface area contributed by atoms with E-state index in [2.05, 4.69) is 11.3 Å². The van der Waals surface area contributed by atoms with Crippen LogP contribution in [0.1, 0.15) is 0 Å². The summed E-state index contributed by atoms with van der Waals surface area (Å²) in [6.45, 7) is 0.564. The van der Waals surface area contributed by atoms with Crippen molar-refractivity contribution in [3.63, 3.8) is 0 Å². The zero-order chi connectivity index (χ0) is 6.53. The van der Waals surface area contributed by atoms with Gasteiger partial charge >= 0.3 is 0 Å². The summed E-state index contributed by atoms with van der Waals surface area (Å²) in [5, 5.41) is 0. The molecule has 0 aromatic carbocycles. The van der Waals surface area contributed by atoms with E-state index in [9.17, 15) is 0 Å². The van der Waals surface area contributed by atoms with E-state index < -0.39 is 0 Å². The summed E-state index contributed by atoms with van der Waals surface area (Å²) in [5.41, 5.74) is 2.95. The second-order valence-corrected chi connectivity index (χ2v) is 1.63. The Morgan fingerprint density at radius 1 is 1.44 bits per heavy atom. The zero-order valence-corrected chi connectivity index (χ0v) is 5.04. The maximum absolute atomic E-state index is 5.02. The third kappa shape index (κ3) is 1.54. The van der Waals surface area contributed by atoms with Gasteiger partial charge in [-0.2, -0.15) is 0 Å². The Labute approximate surface area is 54.5 Å². The highest BCUT2D eigenvalue weighted by molar-refractivity contribution is 4.98. The van der Waals surface area contributed by atoms with Gasteiger partial charge < -0.3 is 5.43 Å². The smallest absolute Gasteiger partial charge is 0.0919 e. The van der Waals surface area contributed by atoms with Crippen LogP contribution in [0.5, 0.6) is 0 Å². The number of aromatic nitrogens is 1. The Morgan fingerprint density at radius 2 is 2.11 bits per heavy atom. The lowest BCUT2D eigenvalue weighted by molar-refractivity contribution is 0.907. The van der Waals surface area contributed by atoms with E-state index in [-0.39, 0.29) is 0 Å². The third-order valence-electron chi connectivity index (χ3n) is 0.968. The van der Waals surface area contributed by atoms with Crippen molar-refractivity contribution in [1.29, 1.82) is 0 Å². The molecule has 0 unspecified atom stereocenters. The van der Waals surface area contributed by atoms with Crippen molar-refractivity contribution in [2.24, 2.45) is 0 Å². The second kappa shape index (κ2) is 2.83.